The number of halogens is 1. The second-order valence-corrected chi connectivity index (χ2v) is 9.73. The van der Waals surface area contributed by atoms with Crippen molar-refractivity contribution in [2.45, 2.75) is 70.6 Å². The van der Waals surface area contributed by atoms with Crippen LogP contribution in [0, 0.1) is 6.92 Å². The molecule has 3 N–H and O–H groups in total. The number of carbonyl (C=O) groups is 3. The highest BCUT2D eigenvalue weighted by molar-refractivity contribution is 9.10. The Hall–Kier alpha value is -3.02. The Morgan fingerprint density at radius 1 is 1.09 bits per heavy atom. The number of pyridine rings is 1. The van der Waals surface area contributed by atoms with E-state index >= 15 is 0 Å². The molecule has 0 unspecified atom stereocenters. The summed E-state index contributed by atoms with van der Waals surface area (Å²) in [6.07, 6.45) is 2.45. The molecule has 3 atom stereocenters. The third kappa shape index (κ3) is 7.24. The van der Waals surface area contributed by atoms with Crippen LogP contribution in [0.2, 0.25) is 0 Å². The first kappa shape index (κ1) is 24.6. The van der Waals surface area contributed by atoms with Gasteiger partial charge < -0.3 is 25.1 Å². The van der Waals surface area contributed by atoms with Gasteiger partial charge in [0, 0.05) is 29.6 Å². The average molecular weight is 523 g/mol. The molecule has 2 aromatic rings. The third-order valence-corrected chi connectivity index (χ3v) is 5.40. The summed E-state index contributed by atoms with van der Waals surface area (Å²) in [7, 11) is 0. The number of amides is 3. The Morgan fingerprint density at radius 2 is 1.85 bits per heavy atom. The monoisotopic (exact) mass is 522 g/mol. The number of rotatable bonds is 4. The van der Waals surface area contributed by atoms with Gasteiger partial charge in [0.15, 0.2) is 0 Å². The van der Waals surface area contributed by atoms with E-state index in [1.54, 1.807) is 39.8 Å². The first-order chi connectivity index (χ1) is 15.5. The molecule has 12 heteroatoms. The van der Waals surface area contributed by atoms with Gasteiger partial charge in [-0.2, -0.15) is 0 Å². The van der Waals surface area contributed by atoms with Crippen molar-refractivity contribution in [2.24, 2.45) is 0 Å². The van der Waals surface area contributed by atoms with Crippen molar-refractivity contribution in [2.75, 3.05) is 5.32 Å². The second kappa shape index (κ2) is 10.3. The summed E-state index contributed by atoms with van der Waals surface area (Å²) < 4.78 is 11.7. The van der Waals surface area contributed by atoms with Crippen LogP contribution in [-0.2, 0) is 14.3 Å². The molecular formula is C21H27BrN6O5. The van der Waals surface area contributed by atoms with E-state index in [1.165, 1.54) is 6.20 Å². The molecule has 0 radical (unpaired) electrons. The van der Waals surface area contributed by atoms with Gasteiger partial charge in [0.05, 0.1) is 6.04 Å². The number of ether oxygens (including phenoxy) is 1. The number of carbonyl (C=O) groups excluding carboxylic acids is 3. The van der Waals surface area contributed by atoms with Gasteiger partial charge in [0.1, 0.15) is 11.4 Å². The molecule has 1 aliphatic rings. The highest BCUT2D eigenvalue weighted by Crippen LogP contribution is 2.32. The fraction of sp³-hybridized carbons (Fsp3) is 0.524. The van der Waals surface area contributed by atoms with Crippen LogP contribution in [0.1, 0.15) is 57.7 Å². The maximum atomic E-state index is 12.6. The van der Waals surface area contributed by atoms with Crippen LogP contribution in [0.3, 0.4) is 0 Å². The summed E-state index contributed by atoms with van der Waals surface area (Å²) in [6.45, 7) is 6.99. The third-order valence-electron chi connectivity index (χ3n) is 4.94. The van der Waals surface area contributed by atoms with Crippen molar-refractivity contribution >= 4 is 39.7 Å². The number of nitrogens with one attached hydrogen (secondary N) is 3. The van der Waals surface area contributed by atoms with Crippen LogP contribution < -0.4 is 16.0 Å². The fourth-order valence-corrected chi connectivity index (χ4v) is 3.75. The number of hydrogen-bond donors (Lipinski definition) is 3. The van der Waals surface area contributed by atoms with E-state index in [0.29, 0.717) is 31.0 Å². The molecule has 1 saturated carbocycles. The lowest BCUT2D eigenvalue weighted by atomic mass is 9.82. The van der Waals surface area contributed by atoms with E-state index in [4.69, 9.17) is 9.15 Å². The molecule has 1 fully saturated rings. The molecule has 3 amide bonds. The van der Waals surface area contributed by atoms with Gasteiger partial charge in [-0.1, -0.05) is 0 Å². The lowest BCUT2D eigenvalue weighted by molar-refractivity contribution is -0.136. The average Bonchev–Trinajstić information content (AvgIpc) is 3.15. The maximum absolute atomic E-state index is 12.6. The van der Waals surface area contributed by atoms with E-state index in [9.17, 15) is 14.4 Å². The minimum absolute atomic E-state index is 0.0971. The minimum atomic E-state index is -0.851. The Kier molecular flexibility index (Phi) is 7.67. The lowest BCUT2D eigenvalue weighted by Gasteiger charge is -2.36. The normalized spacial score (nSPS) is 20.6. The fourth-order valence-electron chi connectivity index (χ4n) is 3.52. The highest BCUT2D eigenvalue weighted by Gasteiger charge is 2.37. The molecule has 2 aromatic heterocycles. The van der Waals surface area contributed by atoms with Crippen molar-refractivity contribution in [3.8, 4) is 0 Å². The Labute approximate surface area is 199 Å². The molecule has 0 saturated heterocycles. The summed E-state index contributed by atoms with van der Waals surface area (Å²) in [5.74, 6) is -0.594. The van der Waals surface area contributed by atoms with Crippen LogP contribution in [-0.4, -0.2) is 50.8 Å². The molecule has 2 heterocycles. The quantitative estimate of drug-likeness (QED) is 0.519. The summed E-state index contributed by atoms with van der Waals surface area (Å²) in [6, 6.07) is 2.27. The Balaban J connectivity index is 1.67. The Morgan fingerprint density at radius 3 is 2.45 bits per heavy atom. The molecule has 0 aromatic carbocycles. The van der Waals surface area contributed by atoms with Crippen molar-refractivity contribution < 1.29 is 23.5 Å². The predicted octanol–water partition coefficient (Wildman–Crippen LogP) is 2.82. The van der Waals surface area contributed by atoms with Crippen LogP contribution in [0.25, 0.3) is 0 Å². The molecule has 0 aliphatic heterocycles. The number of aryl methyl sites for hydroxylation is 1. The standard InChI is InChI=1S/C21H27BrN6O5/c1-11-27-28-19(32-11)12-5-7-14(15(9-12)25-20(31)33-21(2,3)4)24-17(29)18(30)26-16-8-6-13(22)10-23-16/h6,8,10,12,14-15H,5,7,9H2,1-4H3,(H,24,29)(H,25,31)(H,23,26,30)/t12-,14-,15+/m0/s1. The van der Waals surface area contributed by atoms with E-state index in [1.807, 2.05) is 0 Å². The van der Waals surface area contributed by atoms with E-state index in [2.05, 4.69) is 47.1 Å². The molecule has 0 bridgehead atoms. The molecular weight excluding hydrogens is 496 g/mol. The molecule has 3 rings (SSSR count). The summed E-state index contributed by atoms with van der Waals surface area (Å²) >= 11 is 3.26. The maximum Gasteiger partial charge on any atom is 0.407 e. The zero-order chi connectivity index (χ0) is 24.2. The van der Waals surface area contributed by atoms with Gasteiger partial charge in [-0.25, -0.2) is 9.78 Å². The van der Waals surface area contributed by atoms with Crippen LogP contribution in [0.4, 0.5) is 10.6 Å². The van der Waals surface area contributed by atoms with Crippen molar-refractivity contribution in [3.63, 3.8) is 0 Å². The number of alkyl carbamates (subject to hydrolysis) is 1. The van der Waals surface area contributed by atoms with Gasteiger partial charge in [0.25, 0.3) is 0 Å². The molecule has 178 valence electrons. The smallest absolute Gasteiger partial charge is 0.407 e. The van der Waals surface area contributed by atoms with Gasteiger partial charge in [0.2, 0.25) is 11.8 Å². The second-order valence-electron chi connectivity index (χ2n) is 8.82. The minimum Gasteiger partial charge on any atom is -0.444 e. The van der Waals surface area contributed by atoms with Crippen LogP contribution in [0.5, 0.6) is 0 Å². The largest absolute Gasteiger partial charge is 0.444 e. The molecule has 0 spiro atoms. The SMILES string of the molecule is Cc1nnc([C@H]2CC[C@H](NC(=O)C(=O)Nc3ccc(Br)cn3)[C@H](NC(=O)OC(C)(C)C)C2)o1. The number of hydrogen-bond acceptors (Lipinski definition) is 8. The van der Waals surface area contributed by atoms with Gasteiger partial charge in [-0.05, 0) is 68.1 Å². The van der Waals surface area contributed by atoms with E-state index < -0.39 is 35.6 Å². The molecule has 11 nitrogen and oxygen atoms in total. The van der Waals surface area contributed by atoms with E-state index in [0.717, 1.165) is 4.47 Å². The van der Waals surface area contributed by atoms with Gasteiger partial charge in [-0.3, -0.25) is 9.59 Å². The van der Waals surface area contributed by atoms with Crippen LogP contribution in [0.15, 0.2) is 27.2 Å². The zero-order valence-electron chi connectivity index (χ0n) is 18.8. The number of aromatic nitrogens is 3. The number of anilines is 1. The molecule has 33 heavy (non-hydrogen) atoms. The number of nitrogens with zero attached hydrogens (tertiary/aromatic N) is 3. The van der Waals surface area contributed by atoms with Crippen LogP contribution >= 0.6 is 15.9 Å². The van der Waals surface area contributed by atoms with Gasteiger partial charge in [-0.15, -0.1) is 10.2 Å². The summed E-state index contributed by atoms with van der Waals surface area (Å²) in [4.78, 5) is 41.4. The van der Waals surface area contributed by atoms with Crippen molar-refractivity contribution in [1.29, 1.82) is 0 Å². The highest BCUT2D eigenvalue weighted by atomic mass is 79.9. The van der Waals surface area contributed by atoms with E-state index in [-0.39, 0.29) is 11.7 Å². The zero-order valence-corrected chi connectivity index (χ0v) is 20.4. The topological polar surface area (TPSA) is 148 Å². The summed E-state index contributed by atoms with van der Waals surface area (Å²) in [5, 5.41) is 16.0. The Bertz CT molecular complexity index is 1000. The lowest BCUT2D eigenvalue weighted by Crippen LogP contribution is -2.56. The summed E-state index contributed by atoms with van der Waals surface area (Å²) in [5.41, 5.74) is -0.682. The first-order valence-electron chi connectivity index (χ1n) is 10.5. The van der Waals surface area contributed by atoms with Crippen molar-refractivity contribution in [3.05, 3.63) is 34.6 Å². The first-order valence-corrected chi connectivity index (χ1v) is 11.3. The van der Waals surface area contributed by atoms with Crippen molar-refractivity contribution in [1.82, 2.24) is 25.8 Å². The predicted molar refractivity (Wildman–Crippen MR) is 121 cm³/mol. The van der Waals surface area contributed by atoms with Gasteiger partial charge >= 0.3 is 17.9 Å². The molecule has 1 aliphatic carbocycles.